The minimum Gasteiger partial charge on any atom is -0.387 e. The molecule has 0 saturated carbocycles. The molecule has 0 bridgehead atoms. The molecule has 142 valence electrons. The van der Waals surface area contributed by atoms with E-state index in [0.717, 1.165) is 6.07 Å². The van der Waals surface area contributed by atoms with Crippen molar-refractivity contribution in [3.05, 3.63) is 47.1 Å². The van der Waals surface area contributed by atoms with Gasteiger partial charge in [-0.25, -0.2) is 0 Å². The zero-order valence-corrected chi connectivity index (χ0v) is 14.2. The van der Waals surface area contributed by atoms with E-state index < -0.39 is 17.8 Å². The Morgan fingerprint density at radius 2 is 2.08 bits per heavy atom. The third kappa shape index (κ3) is 5.55. The number of aliphatic hydroxyl groups is 1. The van der Waals surface area contributed by atoms with Gasteiger partial charge in [-0.1, -0.05) is 30.3 Å². The maximum Gasteiger partial charge on any atom is 0.416 e. The van der Waals surface area contributed by atoms with E-state index in [0.29, 0.717) is 31.0 Å². The van der Waals surface area contributed by atoms with Crippen molar-refractivity contribution in [1.82, 2.24) is 15.5 Å². The van der Waals surface area contributed by atoms with Crippen LogP contribution in [0.15, 0.2) is 28.8 Å². The van der Waals surface area contributed by atoms with Gasteiger partial charge >= 0.3 is 6.18 Å². The van der Waals surface area contributed by atoms with Crippen LogP contribution in [0.3, 0.4) is 0 Å². The number of rotatable bonds is 8. The molecule has 0 radical (unpaired) electrons. The van der Waals surface area contributed by atoms with E-state index in [9.17, 15) is 23.1 Å². The number of alkyl halides is 3. The Morgan fingerprint density at radius 1 is 1.35 bits per heavy atom. The third-order valence-corrected chi connectivity index (χ3v) is 3.74. The van der Waals surface area contributed by atoms with Crippen LogP contribution in [0.4, 0.5) is 13.2 Å². The van der Waals surface area contributed by atoms with Crippen molar-refractivity contribution in [3.8, 4) is 0 Å². The zero-order chi connectivity index (χ0) is 19.2. The van der Waals surface area contributed by atoms with E-state index in [1.807, 2.05) is 6.92 Å². The molecule has 9 heteroatoms. The van der Waals surface area contributed by atoms with Gasteiger partial charge in [0.05, 0.1) is 11.7 Å². The van der Waals surface area contributed by atoms with E-state index in [2.05, 4.69) is 15.5 Å². The first-order valence-corrected chi connectivity index (χ1v) is 8.23. The average Bonchev–Trinajstić information content (AvgIpc) is 3.07. The fraction of sp³-hybridized carbons (Fsp3) is 0.471. The number of aliphatic hydroxyl groups excluding tert-OH is 1. The van der Waals surface area contributed by atoms with Gasteiger partial charge in [-0.2, -0.15) is 18.2 Å². The number of hydrogen-bond acceptors (Lipinski definition) is 5. The van der Waals surface area contributed by atoms with Gasteiger partial charge in [0.1, 0.15) is 0 Å². The predicted octanol–water partition coefficient (Wildman–Crippen LogP) is 2.82. The van der Waals surface area contributed by atoms with Gasteiger partial charge in [-0.15, -0.1) is 0 Å². The molecule has 0 saturated heterocycles. The lowest BCUT2D eigenvalue weighted by Gasteiger charge is -2.17. The first-order chi connectivity index (χ1) is 12.3. The number of amides is 1. The van der Waals surface area contributed by atoms with Gasteiger partial charge in [-0.05, 0) is 18.1 Å². The molecule has 6 nitrogen and oxygen atoms in total. The van der Waals surface area contributed by atoms with Crippen molar-refractivity contribution >= 4 is 5.91 Å². The van der Waals surface area contributed by atoms with E-state index in [1.165, 1.54) is 18.2 Å². The van der Waals surface area contributed by atoms with Gasteiger partial charge in [0, 0.05) is 25.8 Å². The Balaban J connectivity index is 1.80. The van der Waals surface area contributed by atoms with Crippen LogP contribution in [0.25, 0.3) is 0 Å². The molecule has 0 aliphatic rings. The summed E-state index contributed by atoms with van der Waals surface area (Å²) in [5, 5.41) is 16.2. The van der Waals surface area contributed by atoms with Crippen LogP contribution in [0.5, 0.6) is 0 Å². The number of benzene rings is 1. The van der Waals surface area contributed by atoms with E-state index in [1.54, 1.807) is 0 Å². The highest BCUT2D eigenvalue weighted by atomic mass is 19.4. The molecule has 0 spiro atoms. The van der Waals surface area contributed by atoms with Crippen molar-refractivity contribution in [1.29, 1.82) is 0 Å². The molecular weight excluding hydrogens is 351 g/mol. The average molecular weight is 371 g/mol. The second kappa shape index (κ2) is 8.79. The summed E-state index contributed by atoms with van der Waals surface area (Å²) in [6.07, 6.45) is -4.34. The van der Waals surface area contributed by atoms with Gasteiger partial charge in [-0.3, -0.25) is 4.79 Å². The maximum atomic E-state index is 12.9. The maximum absolute atomic E-state index is 12.9. The summed E-state index contributed by atoms with van der Waals surface area (Å²) in [5.74, 6) is 0.661. The van der Waals surface area contributed by atoms with Crippen LogP contribution in [-0.2, 0) is 23.8 Å². The number of nitrogens with zero attached hydrogens (tertiary/aromatic N) is 2. The molecule has 1 unspecified atom stereocenters. The van der Waals surface area contributed by atoms with Crippen LogP contribution in [0.2, 0.25) is 0 Å². The van der Waals surface area contributed by atoms with Gasteiger partial charge in [0.25, 0.3) is 0 Å². The van der Waals surface area contributed by atoms with Gasteiger partial charge in [0.15, 0.2) is 5.82 Å². The Hall–Kier alpha value is -2.42. The second-order valence-corrected chi connectivity index (χ2v) is 5.72. The molecule has 2 aromatic rings. The summed E-state index contributed by atoms with van der Waals surface area (Å²) in [7, 11) is 0. The highest BCUT2D eigenvalue weighted by molar-refractivity contribution is 5.75. The zero-order valence-electron chi connectivity index (χ0n) is 14.2. The molecule has 1 amide bonds. The standard InChI is InChI=1S/C17H20F3N3O3/c1-2-14-22-16(26-23-14)9-5-8-15(25)21-10-13(24)11-6-3-4-7-12(11)17(18,19)20/h3-4,6-7,13,24H,2,5,8-10H2,1H3,(H,21,25). The number of aromatic nitrogens is 2. The summed E-state index contributed by atoms with van der Waals surface area (Å²) in [6.45, 7) is 1.59. The monoisotopic (exact) mass is 371 g/mol. The Labute approximate surface area is 148 Å². The van der Waals surface area contributed by atoms with Crippen molar-refractivity contribution in [3.63, 3.8) is 0 Å². The predicted molar refractivity (Wildman–Crippen MR) is 86.0 cm³/mol. The molecular formula is C17H20F3N3O3. The fourth-order valence-electron chi connectivity index (χ4n) is 2.39. The fourth-order valence-corrected chi connectivity index (χ4v) is 2.39. The molecule has 1 heterocycles. The summed E-state index contributed by atoms with van der Waals surface area (Å²) < 4.78 is 43.8. The first kappa shape index (κ1) is 19.9. The molecule has 1 atom stereocenters. The van der Waals surface area contributed by atoms with Crippen molar-refractivity contribution < 1.29 is 27.6 Å². The van der Waals surface area contributed by atoms with Crippen molar-refractivity contribution in [2.45, 2.75) is 44.9 Å². The van der Waals surface area contributed by atoms with Gasteiger partial charge in [0.2, 0.25) is 11.8 Å². The minimum absolute atomic E-state index is 0.136. The molecule has 0 aliphatic heterocycles. The first-order valence-electron chi connectivity index (χ1n) is 8.23. The van der Waals surface area contributed by atoms with Crippen LogP contribution in [-0.4, -0.2) is 27.7 Å². The Morgan fingerprint density at radius 3 is 2.73 bits per heavy atom. The highest BCUT2D eigenvalue weighted by Crippen LogP contribution is 2.34. The molecule has 0 aliphatic carbocycles. The number of hydrogen-bond donors (Lipinski definition) is 2. The lowest BCUT2D eigenvalue weighted by molar-refractivity contribution is -0.139. The Kier molecular flexibility index (Phi) is 6.73. The lowest BCUT2D eigenvalue weighted by atomic mass is 10.0. The minimum atomic E-state index is -4.57. The lowest BCUT2D eigenvalue weighted by Crippen LogP contribution is -2.29. The molecule has 26 heavy (non-hydrogen) atoms. The summed E-state index contributed by atoms with van der Waals surface area (Å²) in [5.41, 5.74) is -1.18. The summed E-state index contributed by atoms with van der Waals surface area (Å²) >= 11 is 0. The van der Waals surface area contributed by atoms with Crippen LogP contribution < -0.4 is 5.32 Å². The normalized spacial score (nSPS) is 12.8. The third-order valence-electron chi connectivity index (χ3n) is 3.74. The van der Waals surface area contributed by atoms with Crippen molar-refractivity contribution in [2.24, 2.45) is 0 Å². The SMILES string of the molecule is CCc1noc(CCCC(=O)NCC(O)c2ccccc2C(F)(F)F)n1. The van der Waals surface area contributed by atoms with Crippen LogP contribution >= 0.6 is 0 Å². The number of carbonyl (C=O) groups is 1. The van der Waals surface area contributed by atoms with Crippen molar-refractivity contribution in [2.75, 3.05) is 6.54 Å². The second-order valence-electron chi connectivity index (χ2n) is 5.72. The molecule has 1 aromatic carbocycles. The number of nitrogens with one attached hydrogen (secondary N) is 1. The quantitative estimate of drug-likeness (QED) is 0.745. The molecule has 2 rings (SSSR count). The number of carbonyl (C=O) groups excluding carboxylic acids is 1. The van der Waals surface area contributed by atoms with Gasteiger partial charge < -0.3 is 14.9 Å². The largest absolute Gasteiger partial charge is 0.416 e. The highest BCUT2D eigenvalue weighted by Gasteiger charge is 2.34. The summed E-state index contributed by atoms with van der Waals surface area (Å²) in [6, 6.07) is 4.75. The van der Waals surface area contributed by atoms with E-state index in [-0.39, 0.29) is 24.4 Å². The smallest absolute Gasteiger partial charge is 0.387 e. The topological polar surface area (TPSA) is 88.2 Å². The van der Waals surface area contributed by atoms with Crippen LogP contribution in [0, 0.1) is 0 Å². The molecule has 2 N–H and O–H groups in total. The number of halogens is 3. The van der Waals surface area contributed by atoms with Crippen LogP contribution in [0.1, 0.15) is 48.7 Å². The number of aryl methyl sites for hydroxylation is 2. The molecule has 0 fully saturated rings. The summed E-state index contributed by atoms with van der Waals surface area (Å²) in [4.78, 5) is 15.9. The van der Waals surface area contributed by atoms with E-state index >= 15 is 0 Å². The Bertz CT molecular complexity index is 731. The molecule has 1 aromatic heterocycles. The van der Waals surface area contributed by atoms with E-state index in [4.69, 9.17) is 4.52 Å².